The molecule has 0 amide bonds. The summed E-state index contributed by atoms with van der Waals surface area (Å²) in [5, 5.41) is 15.0. The van der Waals surface area contributed by atoms with Crippen LogP contribution in [-0.4, -0.2) is 21.9 Å². The number of H-pyrrole nitrogens is 1. The number of hydrogen-bond donors (Lipinski definition) is 3. The van der Waals surface area contributed by atoms with Crippen molar-refractivity contribution >= 4 is 39.8 Å². The molecular weight excluding hydrogens is 464 g/mol. The highest BCUT2D eigenvalue weighted by Gasteiger charge is 2.61. The van der Waals surface area contributed by atoms with Crippen LogP contribution < -0.4 is 10.9 Å². The largest absolute Gasteiger partial charge is 0.419 e. The zero-order chi connectivity index (χ0) is 23.5. The van der Waals surface area contributed by atoms with Crippen LogP contribution in [0.15, 0.2) is 47.3 Å². The Kier molecular flexibility index (Phi) is 5.51. The molecule has 1 aromatic heterocycles. The molecule has 0 saturated carbocycles. The van der Waals surface area contributed by atoms with E-state index in [1.807, 2.05) is 0 Å². The van der Waals surface area contributed by atoms with E-state index in [0.717, 1.165) is 0 Å². The van der Waals surface area contributed by atoms with Crippen LogP contribution in [0.4, 0.5) is 18.9 Å². The molecule has 4 rings (SSSR count). The number of nitrogens with one attached hydrogen (secondary N) is 2. The SMILES string of the molecule is CC1(C)CCC(O)(C(F)(F)F)C(Nc2cccc3[nH]c(=O)ccc23)c2ccc(Cl)c(Cl)c21. The molecule has 0 radical (unpaired) electrons. The van der Waals surface area contributed by atoms with Gasteiger partial charge in [-0.15, -0.1) is 0 Å². The number of hydrogen-bond acceptors (Lipinski definition) is 3. The van der Waals surface area contributed by atoms with Gasteiger partial charge in [0.1, 0.15) is 0 Å². The van der Waals surface area contributed by atoms with Gasteiger partial charge in [-0.25, -0.2) is 0 Å². The van der Waals surface area contributed by atoms with Crippen LogP contribution in [0.2, 0.25) is 10.0 Å². The van der Waals surface area contributed by atoms with Crippen molar-refractivity contribution in [3.05, 3.63) is 74.0 Å². The summed E-state index contributed by atoms with van der Waals surface area (Å²) in [7, 11) is 0. The predicted molar refractivity (Wildman–Crippen MR) is 121 cm³/mol. The number of anilines is 1. The highest BCUT2D eigenvalue weighted by Crippen LogP contribution is 2.54. The molecule has 1 heterocycles. The van der Waals surface area contributed by atoms with E-state index in [1.165, 1.54) is 24.3 Å². The Balaban J connectivity index is 1.98. The summed E-state index contributed by atoms with van der Waals surface area (Å²) < 4.78 is 43.1. The first-order chi connectivity index (χ1) is 14.8. The molecule has 32 heavy (non-hydrogen) atoms. The van der Waals surface area contributed by atoms with Gasteiger partial charge in [0.2, 0.25) is 5.56 Å². The van der Waals surface area contributed by atoms with Crippen molar-refractivity contribution < 1.29 is 18.3 Å². The van der Waals surface area contributed by atoms with E-state index in [-0.39, 0.29) is 27.6 Å². The van der Waals surface area contributed by atoms with E-state index in [9.17, 15) is 23.1 Å². The van der Waals surface area contributed by atoms with E-state index in [1.54, 1.807) is 32.0 Å². The lowest BCUT2D eigenvalue weighted by atomic mass is 9.79. The van der Waals surface area contributed by atoms with Crippen LogP contribution in [0, 0.1) is 0 Å². The lowest BCUT2D eigenvalue weighted by molar-refractivity contribution is -0.269. The number of aliphatic hydroxyl groups is 1. The standard InChI is InChI=1S/C23H21Cl2F3N2O2/c1-21(2)10-11-22(32,23(26,27)28)20(13-6-8-14(24)19(25)18(13)21)30-16-5-3-4-15-12(16)7-9-17(31)29-15/h3-9,20,30,32H,10-11H2,1-2H3,(H,29,31). The number of halogens is 5. The molecule has 2 unspecified atom stereocenters. The van der Waals surface area contributed by atoms with Gasteiger partial charge in [-0.1, -0.05) is 49.2 Å². The van der Waals surface area contributed by atoms with Gasteiger partial charge in [0.15, 0.2) is 5.60 Å². The van der Waals surface area contributed by atoms with Crippen LogP contribution in [0.3, 0.4) is 0 Å². The molecule has 1 aliphatic rings. The van der Waals surface area contributed by atoms with E-state index < -0.39 is 29.7 Å². The van der Waals surface area contributed by atoms with Crippen molar-refractivity contribution in [2.75, 3.05) is 5.32 Å². The second-order valence-corrected chi connectivity index (χ2v) is 9.58. The Bertz CT molecular complexity index is 1260. The van der Waals surface area contributed by atoms with E-state index in [2.05, 4.69) is 10.3 Å². The van der Waals surface area contributed by atoms with Gasteiger partial charge in [0.05, 0.1) is 21.6 Å². The second-order valence-electron chi connectivity index (χ2n) is 8.80. The lowest BCUT2D eigenvalue weighted by Gasteiger charge is -2.38. The summed E-state index contributed by atoms with van der Waals surface area (Å²) in [4.78, 5) is 14.3. The monoisotopic (exact) mass is 484 g/mol. The summed E-state index contributed by atoms with van der Waals surface area (Å²) in [5.74, 6) is 0. The molecule has 0 spiro atoms. The zero-order valence-corrected chi connectivity index (χ0v) is 18.8. The number of aromatic nitrogens is 1. The second kappa shape index (κ2) is 7.68. The van der Waals surface area contributed by atoms with Crippen molar-refractivity contribution in [1.29, 1.82) is 0 Å². The Labute approximate surface area is 192 Å². The molecule has 4 nitrogen and oxygen atoms in total. The van der Waals surface area contributed by atoms with Crippen LogP contribution >= 0.6 is 23.2 Å². The minimum Gasteiger partial charge on any atom is -0.379 e. The maximum Gasteiger partial charge on any atom is 0.419 e. The van der Waals surface area contributed by atoms with Crippen molar-refractivity contribution in [1.82, 2.24) is 4.98 Å². The highest BCUT2D eigenvalue weighted by molar-refractivity contribution is 6.42. The third-order valence-electron chi connectivity index (χ3n) is 6.28. The molecule has 3 aromatic rings. The fourth-order valence-electron chi connectivity index (χ4n) is 4.49. The van der Waals surface area contributed by atoms with Crippen LogP contribution in [0.5, 0.6) is 0 Å². The normalized spacial score (nSPS) is 22.9. The summed E-state index contributed by atoms with van der Waals surface area (Å²) in [6.07, 6.45) is -5.42. The van der Waals surface area contributed by atoms with Gasteiger partial charge in [0.25, 0.3) is 0 Å². The molecule has 170 valence electrons. The van der Waals surface area contributed by atoms with Crippen LogP contribution in [0.25, 0.3) is 10.9 Å². The molecule has 9 heteroatoms. The van der Waals surface area contributed by atoms with Crippen LogP contribution in [-0.2, 0) is 5.41 Å². The molecule has 0 aliphatic heterocycles. The number of benzene rings is 2. The van der Waals surface area contributed by atoms with Crippen molar-refractivity contribution in [2.45, 2.75) is 49.9 Å². The summed E-state index contributed by atoms with van der Waals surface area (Å²) in [6.45, 7) is 3.58. The lowest BCUT2D eigenvalue weighted by Crippen LogP contribution is -2.52. The Hall–Kier alpha value is -2.22. The predicted octanol–water partition coefficient (Wildman–Crippen LogP) is 6.35. The minimum absolute atomic E-state index is 0.0388. The number of alkyl halides is 3. The average molecular weight is 485 g/mol. The smallest absolute Gasteiger partial charge is 0.379 e. The van der Waals surface area contributed by atoms with Crippen molar-refractivity contribution in [3.8, 4) is 0 Å². The minimum atomic E-state index is -4.92. The maximum atomic E-state index is 14.4. The van der Waals surface area contributed by atoms with Crippen molar-refractivity contribution in [3.63, 3.8) is 0 Å². The summed E-state index contributed by atoms with van der Waals surface area (Å²) in [6, 6.07) is 9.05. The molecular formula is C23H21Cl2F3N2O2. The molecule has 1 aliphatic carbocycles. The molecule has 3 N–H and O–H groups in total. The fraction of sp³-hybridized carbons (Fsp3) is 0.348. The topological polar surface area (TPSA) is 65.1 Å². The molecule has 0 bridgehead atoms. The average Bonchev–Trinajstić information content (AvgIpc) is 2.79. The fourth-order valence-corrected chi connectivity index (χ4v) is 5.08. The van der Waals surface area contributed by atoms with Gasteiger partial charge in [-0.2, -0.15) is 13.2 Å². The maximum absolute atomic E-state index is 14.4. The van der Waals surface area contributed by atoms with E-state index in [0.29, 0.717) is 22.2 Å². The van der Waals surface area contributed by atoms with E-state index >= 15 is 0 Å². The number of aromatic amines is 1. The Morgan fingerprint density at radius 1 is 1.09 bits per heavy atom. The molecule has 0 fully saturated rings. The zero-order valence-electron chi connectivity index (χ0n) is 17.3. The molecule has 2 atom stereocenters. The van der Waals surface area contributed by atoms with Gasteiger partial charge in [-0.05, 0) is 53.6 Å². The van der Waals surface area contributed by atoms with Crippen LogP contribution in [0.1, 0.15) is 43.9 Å². The highest BCUT2D eigenvalue weighted by atomic mass is 35.5. The summed E-state index contributed by atoms with van der Waals surface area (Å²) in [5.41, 5.74) is -2.68. The third-order valence-corrected chi connectivity index (χ3v) is 7.08. The summed E-state index contributed by atoms with van der Waals surface area (Å²) >= 11 is 12.7. The first-order valence-corrected chi connectivity index (χ1v) is 10.8. The number of pyridine rings is 1. The van der Waals surface area contributed by atoms with Gasteiger partial charge >= 0.3 is 6.18 Å². The van der Waals surface area contributed by atoms with E-state index in [4.69, 9.17) is 23.2 Å². The first kappa shape index (κ1) is 23.0. The Morgan fingerprint density at radius 3 is 2.50 bits per heavy atom. The third kappa shape index (κ3) is 3.66. The Morgan fingerprint density at radius 2 is 1.81 bits per heavy atom. The van der Waals surface area contributed by atoms with Crippen molar-refractivity contribution in [2.24, 2.45) is 0 Å². The first-order valence-electron chi connectivity index (χ1n) is 10.0. The number of fused-ring (bicyclic) bond motifs is 2. The molecule has 0 saturated heterocycles. The van der Waals surface area contributed by atoms with Gasteiger partial charge in [0, 0.05) is 17.1 Å². The van der Waals surface area contributed by atoms with Gasteiger partial charge in [-0.3, -0.25) is 4.79 Å². The molecule has 2 aromatic carbocycles. The number of rotatable bonds is 2. The van der Waals surface area contributed by atoms with Gasteiger partial charge < -0.3 is 15.4 Å². The quantitative estimate of drug-likeness (QED) is 0.371.